The summed E-state index contributed by atoms with van der Waals surface area (Å²) >= 11 is 0. The van der Waals surface area contributed by atoms with Crippen LogP contribution in [0, 0.1) is 0 Å². The van der Waals surface area contributed by atoms with Gasteiger partial charge in [0, 0.05) is 18.0 Å². The molecule has 10 nitrogen and oxygen atoms in total. The Kier molecular flexibility index (Phi) is 4.87. The lowest BCUT2D eigenvalue weighted by molar-refractivity contribution is 0.276. The van der Waals surface area contributed by atoms with Gasteiger partial charge in [-0.3, -0.25) is 9.40 Å². The number of rotatable bonds is 8. The molecule has 0 fully saturated rings. The Morgan fingerprint density at radius 3 is 2.71 bits per heavy atom. The SMILES string of the molecule is [2H]C([2H])(c1cc(OC)c2c(NS(=O)(=O)c3c(CO)cccc3OC)noc2c1)n1cccn1. The molecular formula is C20H20N4O6S. The predicted octanol–water partition coefficient (Wildman–Crippen LogP) is 2.38. The lowest BCUT2D eigenvalue weighted by Crippen LogP contribution is -2.17. The number of ether oxygens (including phenoxy) is 2. The second kappa shape index (κ2) is 8.28. The van der Waals surface area contributed by atoms with Gasteiger partial charge in [0.2, 0.25) is 0 Å². The first-order valence-corrected chi connectivity index (χ1v) is 10.5. The lowest BCUT2D eigenvalue weighted by atomic mass is 10.1. The Balaban J connectivity index is 1.81. The van der Waals surface area contributed by atoms with E-state index in [-0.39, 0.29) is 44.3 Å². The summed E-state index contributed by atoms with van der Waals surface area (Å²) in [7, 11) is -1.58. The van der Waals surface area contributed by atoms with Crippen molar-refractivity contribution in [2.75, 3.05) is 18.9 Å². The number of aromatic nitrogens is 3. The van der Waals surface area contributed by atoms with Crippen LogP contribution >= 0.6 is 0 Å². The Morgan fingerprint density at radius 1 is 1.23 bits per heavy atom. The molecule has 0 spiro atoms. The number of aliphatic hydroxyl groups is 1. The number of nitrogens with one attached hydrogen (secondary N) is 1. The lowest BCUT2D eigenvalue weighted by Gasteiger charge is -2.14. The summed E-state index contributed by atoms with van der Waals surface area (Å²) in [6.07, 6.45) is 2.93. The van der Waals surface area contributed by atoms with Crippen LogP contribution in [0.1, 0.15) is 13.9 Å². The van der Waals surface area contributed by atoms with E-state index in [2.05, 4.69) is 15.0 Å². The third-order valence-electron chi connectivity index (χ3n) is 4.46. The Labute approximate surface area is 180 Å². The van der Waals surface area contributed by atoms with Gasteiger partial charge < -0.3 is 19.1 Å². The third-order valence-corrected chi connectivity index (χ3v) is 5.92. The van der Waals surface area contributed by atoms with E-state index < -0.39 is 23.1 Å². The number of methoxy groups -OCH3 is 2. The van der Waals surface area contributed by atoms with Crippen LogP contribution in [0.5, 0.6) is 11.5 Å². The topological polar surface area (TPSA) is 129 Å². The first-order chi connectivity index (χ1) is 15.7. The number of benzene rings is 2. The minimum Gasteiger partial charge on any atom is -0.496 e. The van der Waals surface area contributed by atoms with Crippen LogP contribution in [-0.4, -0.2) is 42.7 Å². The monoisotopic (exact) mass is 446 g/mol. The van der Waals surface area contributed by atoms with Crippen molar-refractivity contribution in [1.29, 1.82) is 0 Å². The van der Waals surface area contributed by atoms with Gasteiger partial charge in [0.15, 0.2) is 11.4 Å². The maximum Gasteiger partial charge on any atom is 0.267 e. The smallest absolute Gasteiger partial charge is 0.267 e. The summed E-state index contributed by atoms with van der Waals surface area (Å²) in [6.45, 7) is -2.56. The molecule has 4 aromatic rings. The summed E-state index contributed by atoms with van der Waals surface area (Å²) in [5.41, 5.74) is 0.394. The maximum atomic E-state index is 13.2. The van der Waals surface area contributed by atoms with Crippen molar-refractivity contribution in [3.63, 3.8) is 0 Å². The van der Waals surface area contributed by atoms with E-state index >= 15 is 0 Å². The number of sulfonamides is 1. The zero-order valence-electron chi connectivity index (χ0n) is 18.6. The molecule has 0 radical (unpaired) electrons. The molecule has 0 saturated heterocycles. The summed E-state index contributed by atoms with van der Waals surface area (Å²) in [5, 5.41) is 17.6. The molecule has 0 unspecified atom stereocenters. The fourth-order valence-electron chi connectivity index (χ4n) is 3.13. The zero-order valence-corrected chi connectivity index (χ0v) is 17.4. The van der Waals surface area contributed by atoms with Gasteiger partial charge in [-0.15, -0.1) is 0 Å². The summed E-state index contributed by atoms with van der Waals surface area (Å²) < 4.78 is 62.6. The fourth-order valence-corrected chi connectivity index (χ4v) is 4.52. The molecule has 0 atom stereocenters. The highest BCUT2D eigenvalue weighted by Gasteiger charge is 2.27. The molecule has 0 aliphatic heterocycles. The van der Waals surface area contributed by atoms with Crippen LogP contribution in [0.4, 0.5) is 5.82 Å². The molecule has 31 heavy (non-hydrogen) atoms. The van der Waals surface area contributed by atoms with E-state index in [9.17, 15) is 13.5 Å². The van der Waals surface area contributed by atoms with E-state index in [0.717, 1.165) is 4.68 Å². The van der Waals surface area contributed by atoms with E-state index in [1.807, 2.05) is 0 Å². The highest BCUT2D eigenvalue weighted by Crippen LogP contribution is 2.36. The molecule has 0 aliphatic carbocycles. The molecule has 2 aromatic heterocycles. The molecule has 2 N–H and O–H groups in total. The molecule has 2 heterocycles. The molecule has 0 bridgehead atoms. The standard InChI is InChI=1S/C20H20N4O6S/c1-28-15-6-3-5-14(12-25)19(15)31(26,27)23-20-18-16(29-2)9-13(10-17(18)30-22-20)11-24-8-4-7-21-24/h3-10,25H,11-12H2,1-2H3,(H,22,23)/i11D2. The Hall–Kier alpha value is -3.57. The van der Waals surface area contributed by atoms with Crippen molar-refractivity contribution in [2.45, 2.75) is 18.0 Å². The highest BCUT2D eigenvalue weighted by atomic mass is 32.2. The zero-order chi connectivity index (χ0) is 23.8. The molecule has 2 aromatic carbocycles. The predicted molar refractivity (Wildman–Crippen MR) is 112 cm³/mol. The minimum absolute atomic E-state index is 0.0449. The van der Waals surface area contributed by atoms with Crippen LogP contribution in [0.2, 0.25) is 0 Å². The summed E-state index contributed by atoms with van der Waals surface area (Å²) in [5.74, 6) is 0.0197. The number of fused-ring (bicyclic) bond motifs is 1. The maximum absolute atomic E-state index is 13.2. The van der Waals surface area contributed by atoms with Crippen molar-refractivity contribution >= 4 is 26.8 Å². The van der Waals surface area contributed by atoms with Gasteiger partial charge in [-0.25, -0.2) is 8.42 Å². The number of anilines is 1. The van der Waals surface area contributed by atoms with Gasteiger partial charge in [-0.1, -0.05) is 17.3 Å². The summed E-state index contributed by atoms with van der Waals surface area (Å²) in [6, 6.07) is 8.88. The first-order valence-electron chi connectivity index (χ1n) is 10.0. The first kappa shape index (κ1) is 18.2. The molecule has 4 rings (SSSR count). The van der Waals surface area contributed by atoms with E-state index in [4.69, 9.17) is 16.7 Å². The van der Waals surface area contributed by atoms with Crippen LogP contribution in [-0.2, 0) is 23.1 Å². The van der Waals surface area contributed by atoms with Gasteiger partial charge >= 0.3 is 0 Å². The van der Waals surface area contributed by atoms with Crippen LogP contribution in [0.15, 0.2) is 58.2 Å². The van der Waals surface area contributed by atoms with E-state index in [1.54, 1.807) is 12.1 Å². The number of nitrogens with zero attached hydrogens (tertiary/aromatic N) is 3. The van der Waals surface area contributed by atoms with Crippen molar-refractivity contribution in [3.8, 4) is 11.5 Å². The molecule has 0 aliphatic rings. The van der Waals surface area contributed by atoms with Gasteiger partial charge in [-0.2, -0.15) is 5.10 Å². The van der Waals surface area contributed by atoms with Gasteiger partial charge in [0.1, 0.15) is 21.8 Å². The highest BCUT2D eigenvalue weighted by molar-refractivity contribution is 7.92. The van der Waals surface area contributed by atoms with Gasteiger partial charge in [-0.05, 0) is 29.8 Å². The molecule has 0 amide bonds. The van der Waals surface area contributed by atoms with Crippen molar-refractivity contribution in [1.82, 2.24) is 14.9 Å². The van der Waals surface area contributed by atoms with E-state index in [1.165, 1.54) is 50.9 Å². The van der Waals surface area contributed by atoms with Gasteiger partial charge in [0.25, 0.3) is 10.0 Å². The van der Waals surface area contributed by atoms with Crippen LogP contribution in [0.25, 0.3) is 11.0 Å². The molecular weight excluding hydrogens is 424 g/mol. The van der Waals surface area contributed by atoms with Gasteiger partial charge in [0.05, 0.1) is 30.1 Å². The Bertz CT molecular complexity index is 1380. The van der Waals surface area contributed by atoms with Crippen molar-refractivity contribution in [3.05, 3.63) is 59.9 Å². The van der Waals surface area contributed by atoms with Crippen molar-refractivity contribution in [2.24, 2.45) is 0 Å². The normalized spacial score (nSPS) is 13.0. The van der Waals surface area contributed by atoms with Crippen molar-refractivity contribution < 1.29 is 30.3 Å². The molecule has 162 valence electrons. The fraction of sp³-hybridized carbons (Fsp3) is 0.200. The second-order valence-electron chi connectivity index (χ2n) is 6.36. The van der Waals surface area contributed by atoms with Crippen LogP contribution < -0.4 is 14.2 Å². The quantitative estimate of drug-likeness (QED) is 0.422. The number of hydrogen-bond acceptors (Lipinski definition) is 8. The molecule has 11 heteroatoms. The van der Waals surface area contributed by atoms with Crippen LogP contribution in [0.3, 0.4) is 0 Å². The largest absolute Gasteiger partial charge is 0.496 e. The van der Waals surface area contributed by atoms with E-state index in [0.29, 0.717) is 0 Å². The number of aliphatic hydroxyl groups excluding tert-OH is 1. The minimum atomic E-state index is -4.26. The number of hydrogen-bond donors (Lipinski definition) is 2. The summed E-state index contributed by atoms with van der Waals surface area (Å²) in [4.78, 5) is -0.239. The average Bonchev–Trinajstić information content (AvgIpc) is 3.48. The Morgan fingerprint density at radius 2 is 2.03 bits per heavy atom. The molecule has 0 saturated carbocycles. The second-order valence-corrected chi connectivity index (χ2v) is 7.98. The third kappa shape index (κ3) is 3.92. The average molecular weight is 446 g/mol.